The highest BCUT2D eigenvalue weighted by Crippen LogP contribution is 2.10. The zero-order valence-corrected chi connectivity index (χ0v) is 11.7. The molecule has 1 N–H and O–H groups in total. The smallest absolute Gasteiger partial charge is 0.0324 e. The maximum Gasteiger partial charge on any atom is 0.0324 e. The molecule has 3 heteroatoms. The topological polar surface area (TPSA) is 15.3 Å². The highest BCUT2D eigenvalue weighted by molar-refractivity contribution is 7.09. The molecule has 0 saturated carbocycles. The molecule has 0 bridgehead atoms. The number of nitrogens with zero attached hydrogens (tertiary/aromatic N) is 1. The van der Waals surface area contributed by atoms with E-state index in [1.165, 1.54) is 11.3 Å². The monoisotopic (exact) mass is 240 g/mol. The molecule has 1 aromatic rings. The lowest BCUT2D eigenvalue weighted by Crippen LogP contribution is -2.37. The molecule has 0 amide bonds. The van der Waals surface area contributed by atoms with E-state index in [2.05, 4.69) is 55.5 Å². The predicted octanol–water partition coefficient (Wildman–Crippen LogP) is 2.96. The van der Waals surface area contributed by atoms with Gasteiger partial charge in [0, 0.05) is 17.0 Å². The zero-order chi connectivity index (χ0) is 12.0. The molecule has 0 saturated heterocycles. The third-order valence-corrected chi connectivity index (χ3v) is 3.24. The van der Waals surface area contributed by atoms with Crippen molar-refractivity contribution in [2.24, 2.45) is 0 Å². The molecular weight excluding hydrogens is 216 g/mol. The lowest BCUT2D eigenvalue weighted by atomic mass is 10.1. The standard InChI is InChI=1S/C13H24N2S/c1-13(2,3)14-8-6-9-15(4)11-12-7-5-10-16-12/h5,7,10,14H,6,8-9,11H2,1-4H3. The third-order valence-electron chi connectivity index (χ3n) is 2.38. The number of hydrogen-bond donors (Lipinski definition) is 1. The van der Waals surface area contributed by atoms with Crippen LogP contribution in [-0.4, -0.2) is 30.6 Å². The van der Waals surface area contributed by atoms with Crippen LogP contribution in [0.4, 0.5) is 0 Å². The van der Waals surface area contributed by atoms with Crippen LogP contribution < -0.4 is 5.32 Å². The summed E-state index contributed by atoms with van der Waals surface area (Å²) in [4.78, 5) is 3.84. The number of hydrogen-bond acceptors (Lipinski definition) is 3. The summed E-state index contributed by atoms with van der Waals surface area (Å²) in [5, 5.41) is 5.66. The number of rotatable bonds is 6. The number of thiophene rings is 1. The van der Waals surface area contributed by atoms with Gasteiger partial charge in [-0.2, -0.15) is 0 Å². The maximum atomic E-state index is 3.51. The summed E-state index contributed by atoms with van der Waals surface area (Å²) in [7, 11) is 2.19. The van der Waals surface area contributed by atoms with Gasteiger partial charge >= 0.3 is 0 Å². The van der Waals surface area contributed by atoms with Gasteiger partial charge in [-0.25, -0.2) is 0 Å². The lowest BCUT2D eigenvalue weighted by Gasteiger charge is -2.22. The van der Waals surface area contributed by atoms with Crippen molar-refractivity contribution in [3.8, 4) is 0 Å². The second kappa shape index (κ2) is 6.38. The Kier molecular flexibility index (Phi) is 5.46. The van der Waals surface area contributed by atoms with Crippen LogP contribution in [0.1, 0.15) is 32.1 Å². The summed E-state index contributed by atoms with van der Waals surface area (Å²) in [6, 6.07) is 4.32. The van der Waals surface area contributed by atoms with Crippen LogP contribution in [0.15, 0.2) is 17.5 Å². The van der Waals surface area contributed by atoms with Crippen molar-refractivity contribution in [1.82, 2.24) is 10.2 Å². The van der Waals surface area contributed by atoms with E-state index in [1.54, 1.807) is 0 Å². The molecule has 0 fully saturated rings. The Hall–Kier alpha value is -0.380. The fourth-order valence-electron chi connectivity index (χ4n) is 1.56. The highest BCUT2D eigenvalue weighted by Gasteiger charge is 2.07. The first kappa shape index (κ1) is 13.7. The quantitative estimate of drug-likeness (QED) is 0.769. The van der Waals surface area contributed by atoms with Gasteiger partial charge in [0.05, 0.1) is 0 Å². The first-order valence-electron chi connectivity index (χ1n) is 5.93. The molecule has 92 valence electrons. The summed E-state index contributed by atoms with van der Waals surface area (Å²) in [6.45, 7) is 9.96. The SMILES string of the molecule is CN(CCCNC(C)(C)C)Cc1cccs1. The van der Waals surface area contributed by atoms with Crippen LogP contribution in [0.3, 0.4) is 0 Å². The molecule has 0 atom stereocenters. The average Bonchev–Trinajstić information content (AvgIpc) is 2.63. The normalized spacial score (nSPS) is 12.3. The van der Waals surface area contributed by atoms with Gasteiger partial charge in [0.1, 0.15) is 0 Å². The van der Waals surface area contributed by atoms with Crippen molar-refractivity contribution in [2.75, 3.05) is 20.1 Å². The summed E-state index contributed by atoms with van der Waals surface area (Å²) in [6.07, 6.45) is 1.21. The maximum absolute atomic E-state index is 3.51. The second-order valence-electron chi connectivity index (χ2n) is 5.35. The Labute approximate surface area is 104 Å². The van der Waals surface area contributed by atoms with Crippen LogP contribution in [-0.2, 0) is 6.54 Å². The van der Waals surface area contributed by atoms with Gasteiger partial charge in [-0.05, 0) is 58.8 Å². The van der Waals surface area contributed by atoms with E-state index in [9.17, 15) is 0 Å². The fraction of sp³-hybridized carbons (Fsp3) is 0.692. The summed E-state index contributed by atoms with van der Waals surface area (Å²) in [5.41, 5.74) is 0.242. The van der Waals surface area contributed by atoms with E-state index in [1.807, 2.05) is 11.3 Å². The molecule has 1 rings (SSSR count). The largest absolute Gasteiger partial charge is 0.312 e. The molecule has 1 aromatic heterocycles. The van der Waals surface area contributed by atoms with Crippen molar-refractivity contribution in [3.63, 3.8) is 0 Å². The Balaban J connectivity index is 2.09. The number of nitrogens with one attached hydrogen (secondary N) is 1. The van der Waals surface area contributed by atoms with Gasteiger partial charge < -0.3 is 10.2 Å². The van der Waals surface area contributed by atoms with E-state index >= 15 is 0 Å². The van der Waals surface area contributed by atoms with Gasteiger partial charge in [0.2, 0.25) is 0 Å². The fourth-order valence-corrected chi connectivity index (χ4v) is 2.34. The first-order valence-corrected chi connectivity index (χ1v) is 6.81. The van der Waals surface area contributed by atoms with Crippen molar-refractivity contribution < 1.29 is 0 Å². The summed E-state index contributed by atoms with van der Waals surface area (Å²) in [5.74, 6) is 0. The highest BCUT2D eigenvalue weighted by atomic mass is 32.1. The van der Waals surface area contributed by atoms with Crippen molar-refractivity contribution in [1.29, 1.82) is 0 Å². The van der Waals surface area contributed by atoms with Crippen molar-refractivity contribution in [2.45, 2.75) is 39.3 Å². The Morgan fingerprint density at radius 2 is 2.12 bits per heavy atom. The Bertz CT molecular complexity index is 275. The van der Waals surface area contributed by atoms with Gasteiger partial charge in [-0.15, -0.1) is 11.3 Å². The minimum absolute atomic E-state index is 0.242. The molecule has 0 spiro atoms. The Morgan fingerprint density at radius 3 is 2.69 bits per heavy atom. The molecule has 0 aliphatic rings. The molecule has 0 radical (unpaired) electrons. The van der Waals surface area contributed by atoms with Crippen LogP contribution in [0.2, 0.25) is 0 Å². The van der Waals surface area contributed by atoms with Gasteiger partial charge in [0.15, 0.2) is 0 Å². The van der Waals surface area contributed by atoms with Crippen molar-refractivity contribution >= 4 is 11.3 Å². The van der Waals surface area contributed by atoms with Gasteiger partial charge in [-0.1, -0.05) is 6.07 Å². The molecule has 0 aliphatic carbocycles. The first-order chi connectivity index (χ1) is 7.47. The lowest BCUT2D eigenvalue weighted by molar-refractivity contribution is 0.312. The average molecular weight is 240 g/mol. The summed E-state index contributed by atoms with van der Waals surface area (Å²) >= 11 is 1.84. The molecule has 2 nitrogen and oxygen atoms in total. The van der Waals surface area contributed by atoms with Crippen molar-refractivity contribution in [3.05, 3.63) is 22.4 Å². The Morgan fingerprint density at radius 1 is 1.38 bits per heavy atom. The molecule has 1 heterocycles. The summed E-state index contributed by atoms with van der Waals surface area (Å²) < 4.78 is 0. The molecule has 0 aliphatic heterocycles. The second-order valence-corrected chi connectivity index (χ2v) is 6.38. The van der Waals surface area contributed by atoms with E-state index in [0.29, 0.717) is 0 Å². The minimum Gasteiger partial charge on any atom is -0.312 e. The van der Waals surface area contributed by atoms with Gasteiger partial charge in [0.25, 0.3) is 0 Å². The third kappa shape index (κ3) is 6.26. The molecule has 0 unspecified atom stereocenters. The van der Waals surface area contributed by atoms with E-state index in [4.69, 9.17) is 0 Å². The molecule has 16 heavy (non-hydrogen) atoms. The minimum atomic E-state index is 0.242. The van der Waals surface area contributed by atoms with E-state index in [0.717, 1.165) is 19.6 Å². The molecular formula is C13H24N2S. The molecule has 0 aromatic carbocycles. The van der Waals surface area contributed by atoms with E-state index < -0.39 is 0 Å². The zero-order valence-electron chi connectivity index (χ0n) is 10.9. The predicted molar refractivity (Wildman–Crippen MR) is 73.0 cm³/mol. The van der Waals surface area contributed by atoms with Crippen LogP contribution in [0, 0.1) is 0 Å². The van der Waals surface area contributed by atoms with E-state index in [-0.39, 0.29) is 5.54 Å². The van der Waals surface area contributed by atoms with Gasteiger partial charge in [-0.3, -0.25) is 0 Å². The van der Waals surface area contributed by atoms with Crippen LogP contribution >= 0.6 is 11.3 Å². The van der Waals surface area contributed by atoms with Crippen LogP contribution in [0.25, 0.3) is 0 Å². The van der Waals surface area contributed by atoms with Crippen LogP contribution in [0.5, 0.6) is 0 Å².